The zero-order valence-corrected chi connectivity index (χ0v) is 17.2. The number of piperidine rings is 1. The van der Waals surface area contributed by atoms with Crippen LogP contribution in [0.5, 0.6) is 0 Å². The molecule has 1 N–H and O–H groups in total. The summed E-state index contributed by atoms with van der Waals surface area (Å²) in [4.78, 5) is 19.4. The number of aromatic nitrogens is 5. The summed E-state index contributed by atoms with van der Waals surface area (Å²) < 4.78 is 7.24. The molecule has 0 saturated carbocycles. The van der Waals surface area contributed by atoms with Gasteiger partial charge in [0.25, 0.3) is 5.91 Å². The highest BCUT2D eigenvalue weighted by Crippen LogP contribution is 2.27. The molecule has 1 aromatic carbocycles. The van der Waals surface area contributed by atoms with Crippen LogP contribution >= 0.6 is 0 Å². The van der Waals surface area contributed by atoms with Crippen LogP contribution in [0.25, 0.3) is 22.2 Å². The number of nitrogens with zero attached hydrogens (tertiary/aromatic N) is 6. The van der Waals surface area contributed by atoms with E-state index in [0.29, 0.717) is 5.56 Å². The fourth-order valence-corrected chi connectivity index (χ4v) is 4.03. The van der Waals surface area contributed by atoms with Crippen LogP contribution in [0.3, 0.4) is 0 Å². The van der Waals surface area contributed by atoms with E-state index >= 15 is 0 Å². The van der Waals surface area contributed by atoms with Crippen LogP contribution < -0.4 is 10.2 Å². The second-order valence-electron chi connectivity index (χ2n) is 7.60. The zero-order chi connectivity index (χ0) is 21.2. The lowest BCUT2D eigenvalue weighted by molar-refractivity contribution is 0.0931. The molecule has 1 aliphatic rings. The Morgan fingerprint density at radius 2 is 1.97 bits per heavy atom. The van der Waals surface area contributed by atoms with Gasteiger partial charge in [-0.3, -0.25) is 9.78 Å². The van der Waals surface area contributed by atoms with Gasteiger partial charge in [-0.25, -0.2) is 4.68 Å². The van der Waals surface area contributed by atoms with E-state index in [4.69, 9.17) is 4.42 Å². The minimum absolute atomic E-state index is 0.0575. The van der Waals surface area contributed by atoms with Crippen molar-refractivity contribution in [1.29, 1.82) is 0 Å². The summed E-state index contributed by atoms with van der Waals surface area (Å²) in [7, 11) is 0. The summed E-state index contributed by atoms with van der Waals surface area (Å²) in [5, 5.41) is 16.0. The third-order valence-corrected chi connectivity index (χ3v) is 5.73. The lowest BCUT2D eigenvalue weighted by Crippen LogP contribution is -2.45. The van der Waals surface area contributed by atoms with Crippen molar-refractivity contribution >= 4 is 22.8 Å². The average molecular weight is 417 g/mol. The number of anilines is 1. The van der Waals surface area contributed by atoms with Crippen LogP contribution in [0.4, 0.5) is 5.95 Å². The lowest BCUT2D eigenvalue weighted by atomic mass is 10.0. The minimum Gasteiger partial charge on any atom is -0.464 e. The first kappa shape index (κ1) is 19.2. The molecule has 0 atom stereocenters. The zero-order valence-electron chi connectivity index (χ0n) is 17.2. The van der Waals surface area contributed by atoms with E-state index in [1.54, 1.807) is 17.1 Å². The first-order valence-corrected chi connectivity index (χ1v) is 10.5. The smallest absolute Gasteiger partial charge is 0.251 e. The van der Waals surface area contributed by atoms with E-state index in [-0.39, 0.29) is 11.9 Å². The maximum Gasteiger partial charge on any atom is 0.251 e. The predicted octanol–water partition coefficient (Wildman–Crippen LogP) is 2.90. The monoisotopic (exact) mass is 417 g/mol. The quantitative estimate of drug-likeness (QED) is 0.533. The van der Waals surface area contributed by atoms with Crippen LogP contribution in [0.2, 0.25) is 0 Å². The molecule has 0 unspecified atom stereocenters. The Kier molecular flexibility index (Phi) is 5.07. The van der Waals surface area contributed by atoms with Gasteiger partial charge in [0.05, 0.1) is 12.0 Å². The number of carbonyl (C=O) groups is 1. The maximum absolute atomic E-state index is 12.8. The summed E-state index contributed by atoms with van der Waals surface area (Å²) in [6.07, 6.45) is 5.10. The summed E-state index contributed by atoms with van der Waals surface area (Å²) >= 11 is 0. The van der Waals surface area contributed by atoms with Gasteiger partial charge in [0.1, 0.15) is 5.58 Å². The van der Waals surface area contributed by atoms with Gasteiger partial charge in [-0.2, -0.15) is 0 Å². The first-order valence-electron chi connectivity index (χ1n) is 10.5. The van der Waals surface area contributed by atoms with Crippen molar-refractivity contribution in [2.75, 3.05) is 18.0 Å². The highest BCUT2D eigenvalue weighted by molar-refractivity contribution is 5.96. The molecule has 0 aliphatic carbocycles. The molecule has 4 aromatic rings. The molecule has 1 aliphatic heterocycles. The lowest BCUT2D eigenvalue weighted by Gasteiger charge is -2.32. The molecular formula is C22H23N7O2. The third-order valence-electron chi connectivity index (χ3n) is 5.73. The number of benzene rings is 1. The highest BCUT2D eigenvalue weighted by Gasteiger charge is 2.24. The summed E-state index contributed by atoms with van der Waals surface area (Å²) in [6, 6.07) is 11.4. The fraction of sp³-hybridized carbons (Fsp3) is 0.318. The van der Waals surface area contributed by atoms with Gasteiger partial charge in [-0.1, -0.05) is 17.2 Å². The molecule has 5 rings (SSSR count). The molecule has 4 heterocycles. The number of aryl methyl sites for hydroxylation is 1. The number of fused-ring (bicyclic) bond motifs is 1. The Balaban J connectivity index is 1.22. The molecular weight excluding hydrogens is 394 g/mol. The van der Waals surface area contributed by atoms with Crippen molar-refractivity contribution in [3.8, 4) is 11.3 Å². The number of carbonyl (C=O) groups excluding carboxylic acids is 1. The van der Waals surface area contributed by atoms with Crippen LogP contribution in [0.1, 0.15) is 30.1 Å². The molecule has 1 amide bonds. The topological polar surface area (TPSA) is 102 Å². The second-order valence-corrected chi connectivity index (χ2v) is 7.60. The molecule has 1 fully saturated rings. The normalized spacial score (nSPS) is 14.8. The number of hydrogen-bond donors (Lipinski definition) is 1. The Morgan fingerprint density at radius 1 is 1.16 bits per heavy atom. The number of amides is 1. The third kappa shape index (κ3) is 3.74. The number of rotatable bonds is 5. The maximum atomic E-state index is 12.8. The van der Waals surface area contributed by atoms with E-state index in [1.165, 1.54) is 0 Å². The summed E-state index contributed by atoms with van der Waals surface area (Å²) in [5.41, 5.74) is 3.23. The van der Waals surface area contributed by atoms with Crippen LogP contribution in [-0.2, 0) is 6.54 Å². The predicted molar refractivity (Wildman–Crippen MR) is 116 cm³/mol. The van der Waals surface area contributed by atoms with Gasteiger partial charge in [0.2, 0.25) is 5.95 Å². The van der Waals surface area contributed by atoms with E-state index in [0.717, 1.165) is 60.7 Å². The van der Waals surface area contributed by atoms with Crippen LogP contribution in [0, 0.1) is 0 Å². The number of pyridine rings is 1. The van der Waals surface area contributed by atoms with E-state index < -0.39 is 0 Å². The minimum atomic E-state index is -0.0575. The molecule has 0 spiro atoms. The highest BCUT2D eigenvalue weighted by atomic mass is 16.3. The standard InChI is InChI=1S/C22H23N7O2/c1-2-29-22(25-26-27-29)28-12-8-17(9-13-28)24-21(30)16-5-3-15(4-6-16)20-18-10-14-31-19(18)7-11-23-20/h3-7,10-11,14,17H,2,8-9,12-13H2,1H3,(H,24,30). The molecule has 3 aromatic heterocycles. The van der Waals surface area contributed by atoms with Crippen molar-refractivity contribution < 1.29 is 9.21 Å². The SMILES string of the molecule is CCn1nnnc1N1CCC(NC(=O)c2ccc(-c3nccc4occc34)cc2)CC1. The van der Waals surface area contributed by atoms with Gasteiger partial charge in [-0.05, 0) is 54.5 Å². The Bertz CT molecular complexity index is 1190. The van der Waals surface area contributed by atoms with Gasteiger partial charge < -0.3 is 14.6 Å². The Labute approximate surface area is 179 Å². The van der Waals surface area contributed by atoms with Gasteiger partial charge >= 0.3 is 0 Å². The average Bonchev–Trinajstić information content (AvgIpc) is 3.49. The molecule has 0 bridgehead atoms. The number of nitrogens with one attached hydrogen (secondary N) is 1. The van der Waals surface area contributed by atoms with Crippen molar-refractivity contribution in [2.24, 2.45) is 0 Å². The summed E-state index contributed by atoms with van der Waals surface area (Å²) in [5.74, 6) is 0.738. The Hall–Kier alpha value is -3.75. The van der Waals surface area contributed by atoms with Crippen molar-refractivity contribution in [3.05, 3.63) is 54.4 Å². The molecule has 0 radical (unpaired) electrons. The van der Waals surface area contributed by atoms with Crippen molar-refractivity contribution in [1.82, 2.24) is 30.5 Å². The van der Waals surface area contributed by atoms with E-state index in [9.17, 15) is 4.79 Å². The van der Waals surface area contributed by atoms with E-state index in [1.807, 2.05) is 43.3 Å². The molecule has 9 nitrogen and oxygen atoms in total. The van der Waals surface area contributed by atoms with Gasteiger partial charge in [-0.15, -0.1) is 0 Å². The Morgan fingerprint density at radius 3 is 2.74 bits per heavy atom. The van der Waals surface area contributed by atoms with Gasteiger partial charge in [0, 0.05) is 48.4 Å². The second kappa shape index (κ2) is 8.17. The van der Waals surface area contributed by atoms with Crippen LogP contribution in [-0.4, -0.2) is 50.2 Å². The van der Waals surface area contributed by atoms with E-state index in [2.05, 4.69) is 30.7 Å². The fourth-order valence-electron chi connectivity index (χ4n) is 4.03. The first-order chi connectivity index (χ1) is 15.2. The van der Waals surface area contributed by atoms with Crippen molar-refractivity contribution in [2.45, 2.75) is 32.4 Å². The number of tetrazole rings is 1. The largest absolute Gasteiger partial charge is 0.464 e. The van der Waals surface area contributed by atoms with Gasteiger partial charge in [0.15, 0.2) is 0 Å². The molecule has 31 heavy (non-hydrogen) atoms. The van der Waals surface area contributed by atoms with Crippen molar-refractivity contribution in [3.63, 3.8) is 0 Å². The number of furan rings is 1. The van der Waals surface area contributed by atoms with Crippen LogP contribution in [0.15, 0.2) is 53.3 Å². The number of hydrogen-bond acceptors (Lipinski definition) is 7. The molecule has 158 valence electrons. The summed E-state index contributed by atoms with van der Waals surface area (Å²) in [6.45, 7) is 4.37. The molecule has 1 saturated heterocycles. The molecule has 9 heteroatoms.